The number of aliphatic carboxylic acids is 1. The summed E-state index contributed by atoms with van der Waals surface area (Å²) in [6, 6.07) is 7.52. The van der Waals surface area contributed by atoms with E-state index in [0.29, 0.717) is 21.1 Å². The van der Waals surface area contributed by atoms with Gasteiger partial charge in [0.25, 0.3) is 5.56 Å². The van der Waals surface area contributed by atoms with E-state index < -0.39 is 28.9 Å². The molecule has 12 nitrogen and oxygen atoms in total. The highest BCUT2D eigenvalue weighted by atomic mass is 32.1. The van der Waals surface area contributed by atoms with Crippen molar-refractivity contribution in [1.29, 1.82) is 0 Å². The van der Waals surface area contributed by atoms with Gasteiger partial charge in [0.1, 0.15) is 27.2 Å². The number of ether oxygens (including phenoxy) is 3. The van der Waals surface area contributed by atoms with Gasteiger partial charge in [-0.25, -0.2) is 14.2 Å². The summed E-state index contributed by atoms with van der Waals surface area (Å²) in [5.74, 6) is -0.576. The second-order valence-electron chi connectivity index (χ2n) is 11.3. The van der Waals surface area contributed by atoms with Crippen molar-refractivity contribution in [3.05, 3.63) is 68.6 Å². The van der Waals surface area contributed by atoms with Crippen LogP contribution in [-0.4, -0.2) is 60.6 Å². The topological polar surface area (TPSA) is 140 Å². The van der Waals surface area contributed by atoms with E-state index in [1.165, 1.54) is 33.1 Å². The highest BCUT2D eigenvalue weighted by Gasteiger charge is 2.55. The number of hydrogen-bond acceptors (Lipinski definition) is 9. The average molecular weight is 594 g/mol. The Kier molecular flexibility index (Phi) is 6.55. The predicted octanol–water partition coefficient (Wildman–Crippen LogP) is 3.16. The predicted molar refractivity (Wildman–Crippen MR) is 153 cm³/mol. The lowest BCUT2D eigenvalue weighted by molar-refractivity contribution is -0.142. The van der Waals surface area contributed by atoms with Crippen LogP contribution in [0.2, 0.25) is 0 Å². The van der Waals surface area contributed by atoms with Crippen LogP contribution in [0, 0.1) is 6.92 Å². The van der Waals surface area contributed by atoms with E-state index >= 15 is 0 Å². The summed E-state index contributed by atoms with van der Waals surface area (Å²) < 4.78 is 20.9. The molecule has 13 heteroatoms. The summed E-state index contributed by atoms with van der Waals surface area (Å²) in [6.45, 7) is 1.81. The molecule has 1 saturated carbocycles. The lowest BCUT2D eigenvalue weighted by Crippen LogP contribution is -2.49. The minimum atomic E-state index is -1.57. The molecule has 2 aliphatic heterocycles. The number of carboxylic acids is 1. The molecule has 2 saturated heterocycles. The summed E-state index contributed by atoms with van der Waals surface area (Å²) in [4.78, 5) is 42.4. The van der Waals surface area contributed by atoms with E-state index in [9.17, 15) is 19.5 Å². The number of rotatable bonds is 9. The first-order chi connectivity index (χ1) is 20.3. The number of carbonyl (C=O) groups is 1. The van der Waals surface area contributed by atoms with Crippen LogP contribution >= 0.6 is 11.3 Å². The first-order valence-electron chi connectivity index (χ1n) is 14.1. The van der Waals surface area contributed by atoms with Crippen molar-refractivity contribution in [3.8, 4) is 10.8 Å². The Morgan fingerprint density at radius 3 is 2.50 bits per heavy atom. The Morgan fingerprint density at radius 2 is 1.86 bits per heavy atom. The molecule has 0 radical (unpaired) electrons. The van der Waals surface area contributed by atoms with Gasteiger partial charge in [-0.2, -0.15) is 10.2 Å². The molecule has 220 valence electrons. The first kappa shape index (κ1) is 27.0. The third-order valence-corrected chi connectivity index (χ3v) is 10.1. The van der Waals surface area contributed by atoms with Crippen LogP contribution in [0.25, 0.3) is 15.2 Å². The quantitative estimate of drug-likeness (QED) is 0.310. The molecule has 1 aromatic carbocycles. The maximum atomic E-state index is 14.3. The zero-order valence-electron chi connectivity index (χ0n) is 23.3. The molecule has 5 heterocycles. The molecule has 0 unspecified atom stereocenters. The second kappa shape index (κ2) is 10.2. The van der Waals surface area contributed by atoms with Gasteiger partial charge in [-0.1, -0.05) is 29.5 Å². The number of hydrogen-bond donors (Lipinski definition) is 1. The van der Waals surface area contributed by atoms with Crippen LogP contribution in [0.4, 0.5) is 0 Å². The van der Waals surface area contributed by atoms with E-state index in [1.54, 1.807) is 14.0 Å². The number of aryl methyl sites for hydroxylation is 1. The number of para-hydroxylation sites is 1. The number of carboxylic acid groups (broad SMARTS) is 1. The molecular weight excluding hydrogens is 562 g/mol. The minimum absolute atomic E-state index is 0.0459. The first-order valence-corrected chi connectivity index (χ1v) is 15.0. The maximum absolute atomic E-state index is 14.3. The van der Waals surface area contributed by atoms with Gasteiger partial charge in [0, 0.05) is 11.1 Å². The minimum Gasteiger partial charge on any atom is -0.496 e. The zero-order chi connectivity index (χ0) is 29.2. The van der Waals surface area contributed by atoms with Crippen LogP contribution < -0.4 is 16.0 Å². The zero-order valence-corrected chi connectivity index (χ0v) is 24.1. The van der Waals surface area contributed by atoms with Crippen molar-refractivity contribution >= 4 is 27.5 Å². The van der Waals surface area contributed by atoms with Crippen molar-refractivity contribution in [1.82, 2.24) is 24.1 Å². The lowest BCUT2D eigenvalue weighted by atomic mass is 10.0. The molecule has 2 bridgehead atoms. The van der Waals surface area contributed by atoms with Crippen LogP contribution in [-0.2, 0) is 26.4 Å². The summed E-state index contributed by atoms with van der Waals surface area (Å²) in [5, 5.41) is 19.4. The smallest absolute Gasteiger partial charge is 0.333 e. The Labute approximate surface area is 244 Å². The molecule has 1 aliphatic carbocycles. The third kappa shape index (κ3) is 4.29. The van der Waals surface area contributed by atoms with Crippen molar-refractivity contribution in [2.75, 3.05) is 7.11 Å². The SMILES string of the molecule is COc1ccccc1[C@H](Cn1c(=O)n(C2(C(=O)O)CC2)c(=O)c2c(C)c(-n3nccn3)sc21)O[C@H]1C[C@H]2CC[C@@H](C1)O2. The molecule has 1 N–H and O–H groups in total. The monoisotopic (exact) mass is 593 g/mol. The summed E-state index contributed by atoms with van der Waals surface area (Å²) in [5.41, 5.74) is -1.52. The molecule has 42 heavy (non-hydrogen) atoms. The van der Waals surface area contributed by atoms with Gasteiger partial charge in [-0.15, -0.1) is 4.80 Å². The van der Waals surface area contributed by atoms with Crippen LogP contribution in [0.1, 0.15) is 55.8 Å². The highest BCUT2D eigenvalue weighted by molar-refractivity contribution is 7.21. The van der Waals surface area contributed by atoms with Gasteiger partial charge in [-0.05, 0) is 51.5 Å². The average Bonchev–Trinajstić information content (AvgIpc) is 3.27. The van der Waals surface area contributed by atoms with Gasteiger partial charge in [0.15, 0.2) is 0 Å². The number of aromatic nitrogens is 5. The Balaban J connectivity index is 1.41. The van der Waals surface area contributed by atoms with E-state index in [-0.39, 0.29) is 43.1 Å². The fourth-order valence-electron chi connectivity index (χ4n) is 6.50. The normalized spacial score (nSPS) is 23.2. The molecule has 3 aromatic heterocycles. The molecule has 7 rings (SSSR count). The number of fused-ring (bicyclic) bond motifs is 3. The van der Waals surface area contributed by atoms with Gasteiger partial charge in [0.05, 0.1) is 49.7 Å². The van der Waals surface area contributed by atoms with E-state index in [1.807, 2.05) is 24.3 Å². The number of methoxy groups -OCH3 is 1. The highest BCUT2D eigenvalue weighted by Crippen LogP contribution is 2.43. The summed E-state index contributed by atoms with van der Waals surface area (Å²) >= 11 is 1.22. The molecular formula is C29H31N5O7S. The molecule has 3 fully saturated rings. The van der Waals surface area contributed by atoms with Gasteiger partial charge in [-0.3, -0.25) is 9.36 Å². The molecule has 0 spiro atoms. The van der Waals surface area contributed by atoms with Crippen LogP contribution in [0.5, 0.6) is 5.75 Å². The molecule has 4 atom stereocenters. The number of thiophene rings is 1. The Bertz CT molecular complexity index is 1780. The third-order valence-electron chi connectivity index (χ3n) is 8.78. The maximum Gasteiger partial charge on any atom is 0.333 e. The molecule has 0 amide bonds. The molecule has 4 aromatic rings. The Morgan fingerprint density at radius 1 is 1.17 bits per heavy atom. The van der Waals surface area contributed by atoms with E-state index in [4.69, 9.17) is 14.2 Å². The van der Waals surface area contributed by atoms with Crippen LogP contribution in [0.15, 0.2) is 46.2 Å². The van der Waals surface area contributed by atoms with Crippen molar-refractivity contribution in [2.24, 2.45) is 0 Å². The fourth-order valence-corrected chi connectivity index (χ4v) is 7.72. The fraction of sp³-hybridized carbons (Fsp3) is 0.483. The lowest BCUT2D eigenvalue weighted by Gasteiger charge is -2.32. The van der Waals surface area contributed by atoms with Crippen molar-refractivity contribution in [3.63, 3.8) is 0 Å². The summed E-state index contributed by atoms with van der Waals surface area (Å²) in [7, 11) is 1.59. The largest absolute Gasteiger partial charge is 0.496 e. The molecule has 3 aliphatic rings. The second-order valence-corrected chi connectivity index (χ2v) is 12.3. The van der Waals surface area contributed by atoms with E-state index in [0.717, 1.165) is 35.8 Å². The van der Waals surface area contributed by atoms with Crippen molar-refractivity contribution in [2.45, 2.75) is 81.9 Å². The standard InChI is InChI=1S/C29H31N5O7S/c1-16-23-24(35)33(29(9-10-29)27(36)37)28(38)32(26(23)42-25(16)34-30-11-12-31-34)15-22(20-5-3-4-6-21(20)39-2)41-19-13-17-7-8-18(14-19)40-17/h3-6,11-12,17-19,22H,7-10,13-15H2,1-2H3,(H,36,37)/t17-,18+,19+,22-/m0/s1. The number of benzene rings is 1. The number of nitrogens with zero attached hydrogens (tertiary/aromatic N) is 5. The van der Waals surface area contributed by atoms with Gasteiger partial charge in [0.2, 0.25) is 0 Å². The van der Waals surface area contributed by atoms with E-state index in [2.05, 4.69) is 10.2 Å². The van der Waals surface area contributed by atoms with Gasteiger partial charge >= 0.3 is 11.7 Å². The van der Waals surface area contributed by atoms with Crippen LogP contribution in [0.3, 0.4) is 0 Å². The van der Waals surface area contributed by atoms with Gasteiger partial charge < -0.3 is 19.3 Å². The van der Waals surface area contributed by atoms with Crippen molar-refractivity contribution < 1.29 is 24.1 Å². The Hall–Kier alpha value is -3.81. The summed E-state index contributed by atoms with van der Waals surface area (Å²) in [6.07, 6.45) is 6.58.